The summed E-state index contributed by atoms with van der Waals surface area (Å²) in [6.07, 6.45) is 1.18. The monoisotopic (exact) mass is 207 g/mol. The summed E-state index contributed by atoms with van der Waals surface area (Å²) >= 11 is 0. The second kappa shape index (κ2) is 4.21. The molecule has 0 fully saturated rings. The van der Waals surface area contributed by atoms with Crippen molar-refractivity contribution in [2.24, 2.45) is 0 Å². The minimum atomic E-state index is -0.355. The quantitative estimate of drug-likeness (QED) is 0.717. The largest absolute Gasteiger partial charge is 0.372 e. The Labute approximate surface area is 90.9 Å². The lowest BCUT2D eigenvalue weighted by Gasteiger charge is -2.34. The number of anilines is 1. The third-order valence-electron chi connectivity index (χ3n) is 3.33. The van der Waals surface area contributed by atoms with Crippen LogP contribution in [0.2, 0.25) is 0 Å². The number of hydrogen-bond donors (Lipinski definition) is 0. The number of fused-ring (bicyclic) bond motifs is 1. The maximum Gasteiger partial charge on any atom is 0.115 e. The Balaban J connectivity index is 2.42. The maximum absolute atomic E-state index is 12.6. The van der Waals surface area contributed by atoms with Crippen LogP contribution in [0.4, 0.5) is 10.1 Å². The van der Waals surface area contributed by atoms with E-state index in [2.05, 4.69) is 24.8 Å². The van der Waals surface area contributed by atoms with Gasteiger partial charge in [-0.2, -0.15) is 0 Å². The minimum Gasteiger partial charge on any atom is -0.372 e. The first kappa shape index (κ1) is 10.5. The highest BCUT2D eigenvalue weighted by molar-refractivity contribution is 5.58. The minimum absolute atomic E-state index is 0.355. The van der Waals surface area contributed by atoms with Gasteiger partial charge in [0.15, 0.2) is 0 Å². The van der Waals surface area contributed by atoms with Gasteiger partial charge in [-0.15, -0.1) is 0 Å². The average molecular weight is 207 g/mol. The van der Waals surface area contributed by atoms with Crippen molar-refractivity contribution in [3.8, 4) is 0 Å². The van der Waals surface area contributed by atoms with Gasteiger partial charge < -0.3 is 4.90 Å². The molecule has 0 N–H and O–H groups in total. The molecule has 1 unspecified atom stereocenters. The van der Waals surface area contributed by atoms with Gasteiger partial charge in [0.1, 0.15) is 6.67 Å². The molecule has 2 heteroatoms. The van der Waals surface area contributed by atoms with Crippen LogP contribution in [-0.2, 0) is 6.67 Å². The van der Waals surface area contributed by atoms with Crippen LogP contribution >= 0.6 is 0 Å². The first-order valence-electron chi connectivity index (χ1n) is 5.70. The Morgan fingerprint density at radius 1 is 1.47 bits per heavy atom. The van der Waals surface area contributed by atoms with Crippen molar-refractivity contribution in [1.29, 1.82) is 0 Å². The van der Waals surface area contributed by atoms with E-state index in [4.69, 9.17) is 0 Å². The molecule has 1 aromatic carbocycles. The molecule has 1 nitrogen and oxygen atoms in total. The second-order valence-electron chi connectivity index (χ2n) is 4.30. The summed E-state index contributed by atoms with van der Waals surface area (Å²) in [5.41, 5.74) is 3.42. The Bertz CT molecular complexity index is 348. The van der Waals surface area contributed by atoms with E-state index >= 15 is 0 Å². The predicted octanol–water partition coefficient (Wildman–Crippen LogP) is 3.49. The highest BCUT2D eigenvalue weighted by Crippen LogP contribution is 2.35. The predicted molar refractivity (Wildman–Crippen MR) is 62.2 cm³/mol. The summed E-state index contributed by atoms with van der Waals surface area (Å²) in [6.45, 7) is 6.21. The van der Waals surface area contributed by atoms with Crippen molar-refractivity contribution in [1.82, 2.24) is 0 Å². The number of hydrogen-bond acceptors (Lipinski definition) is 1. The van der Waals surface area contributed by atoms with E-state index in [1.54, 1.807) is 0 Å². The fourth-order valence-electron chi connectivity index (χ4n) is 2.32. The molecule has 0 amide bonds. The summed E-state index contributed by atoms with van der Waals surface area (Å²) in [4.78, 5) is 2.37. The lowest BCUT2D eigenvalue weighted by Crippen LogP contribution is -2.30. The van der Waals surface area contributed by atoms with Gasteiger partial charge in [0.25, 0.3) is 0 Å². The van der Waals surface area contributed by atoms with Crippen LogP contribution in [0, 0.1) is 0 Å². The molecule has 0 spiro atoms. The van der Waals surface area contributed by atoms with Crippen molar-refractivity contribution in [3.05, 3.63) is 29.3 Å². The van der Waals surface area contributed by atoms with Gasteiger partial charge in [0.2, 0.25) is 0 Å². The fourth-order valence-corrected chi connectivity index (χ4v) is 2.32. The summed E-state index contributed by atoms with van der Waals surface area (Å²) in [5.74, 6) is 0.564. The molecule has 0 saturated heterocycles. The van der Waals surface area contributed by atoms with Gasteiger partial charge in [-0.25, -0.2) is 4.39 Å². The zero-order valence-electron chi connectivity index (χ0n) is 9.46. The van der Waals surface area contributed by atoms with Crippen molar-refractivity contribution in [2.75, 3.05) is 18.0 Å². The molecule has 1 aromatic rings. The lowest BCUT2D eigenvalue weighted by atomic mass is 9.90. The maximum atomic E-state index is 12.6. The van der Waals surface area contributed by atoms with Crippen LogP contribution in [0.1, 0.15) is 37.3 Å². The Morgan fingerprint density at radius 3 is 2.93 bits per heavy atom. The molecule has 0 radical (unpaired) electrons. The third kappa shape index (κ3) is 1.85. The van der Waals surface area contributed by atoms with E-state index in [1.807, 2.05) is 12.1 Å². The number of nitrogens with zero attached hydrogens (tertiary/aromatic N) is 1. The Morgan fingerprint density at radius 2 is 2.27 bits per heavy atom. The van der Waals surface area contributed by atoms with Crippen LogP contribution in [0.15, 0.2) is 18.2 Å². The molecule has 1 aliphatic heterocycles. The molecule has 1 atom stereocenters. The molecule has 0 aromatic heterocycles. The lowest BCUT2D eigenvalue weighted by molar-refractivity contribution is 0.484. The van der Waals surface area contributed by atoms with E-state index in [9.17, 15) is 4.39 Å². The normalized spacial score (nSPS) is 20.2. The number of halogens is 1. The molecule has 0 aliphatic carbocycles. The molecule has 1 aliphatic rings. The number of alkyl halides is 1. The third-order valence-corrected chi connectivity index (χ3v) is 3.33. The van der Waals surface area contributed by atoms with Crippen LogP contribution < -0.4 is 4.90 Å². The SMILES string of the molecule is CCN1CCC(C)c2cc(CF)ccc21. The van der Waals surface area contributed by atoms with Crippen molar-refractivity contribution >= 4 is 5.69 Å². The van der Waals surface area contributed by atoms with E-state index < -0.39 is 0 Å². The van der Waals surface area contributed by atoms with E-state index in [0.717, 1.165) is 18.7 Å². The van der Waals surface area contributed by atoms with Crippen molar-refractivity contribution < 1.29 is 4.39 Å². The number of rotatable bonds is 2. The van der Waals surface area contributed by atoms with E-state index in [0.29, 0.717) is 5.92 Å². The first-order chi connectivity index (χ1) is 7.26. The van der Waals surface area contributed by atoms with E-state index in [1.165, 1.54) is 17.7 Å². The molecule has 2 rings (SSSR count). The second-order valence-corrected chi connectivity index (χ2v) is 4.30. The van der Waals surface area contributed by atoms with Gasteiger partial charge in [-0.05, 0) is 36.5 Å². The molecule has 15 heavy (non-hydrogen) atoms. The highest BCUT2D eigenvalue weighted by Gasteiger charge is 2.21. The summed E-state index contributed by atoms with van der Waals surface area (Å²) < 4.78 is 12.6. The smallest absolute Gasteiger partial charge is 0.115 e. The number of benzene rings is 1. The van der Waals surface area contributed by atoms with Crippen LogP contribution in [0.5, 0.6) is 0 Å². The molecular weight excluding hydrogens is 189 g/mol. The zero-order chi connectivity index (χ0) is 10.8. The molecule has 82 valence electrons. The van der Waals surface area contributed by atoms with Gasteiger partial charge in [-0.1, -0.05) is 19.1 Å². The van der Waals surface area contributed by atoms with Crippen LogP contribution in [0.25, 0.3) is 0 Å². The highest BCUT2D eigenvalue weighted by atomic mass is 19.1. The first-order valence-corrected chi connectivity index (χ1v) is 5.70. The summed E-state index contributed by atoms with van der Waals surface area (Å²) in [6, 6.07) is 6.00. The molecule has 1 heterocycles. The standard InChI is InChI=1S/C13H18FN/c1-3-15-7-6-10(2)12-8-11(9-14)4-5-13(12)15/h4-5,8,10H,3,6-7,9H2,1-2H3. The van der Waals surface area contributed by atoms with Crippen molar-refractivity contribution in [2.45, 2.75) is 32.9 Å². The zero-order valence-corrected chi connectivity index (χ0v) is 9.46. The van der Waals surface area contributed by atoms with Gasteiger partial charge in [0.05, 0.1) is 0 Å². The Hall–Kier alpha value is -1.05. The van der Waals surface area contributed by atoms with Crippen molar-refractivity contribution in [3.63, 3.8) is 0 Å². The molecule has 0 bridgehead atoms. The molecular formula is C13H18FN. The Kier molecular flexibility index (Phi) is 2.94. The van der Waals surface area contributed by atoms with Gasteiger partial charge in [-0.3, -0.25) is 0 Å². The molecule has 0 saturated carbocycles. The summed E-state index contributed by atoms with van der Waals surface area (Å²) in [5, 5.41) is 0. The summed E-state index contributed by atoms with van der Waals surface area (Å²) in [7, 11) is 0. The average Bonchev–Trinajstić information content (AvgIpc) is 2.29. The van der Waals surface area contributed by atoms with E-state index in [-0.39, 0.29) is 6.67 Å². The van der Waals surface area contributed by atoms with Crippen LogP contribution in [-0.4, -0.2) is 13.1 Å². The van der Waals surface area contributed by atoms with Gasteiger partial charge >= 0.3 is 0 Å². The van der Waals surface area contributed by atoms with Gasteiger partial charge in [0, 0.05) is 18.8 Å². The van der Waals surface area contributed by atoms with Crippen LogP contribution in [0.3, 0.4) is 0 Å². The topological polar surface area (TPSA) is 3.24 Å². The fraction of sp³-hybridized carbons (Fsp3) is 0.538.